The minimum absolute atomic E-state index is 0.221. The van der Waals surface area contributed by atoms with Gasteiger partial charge < -0.3 is 9.47 Å². The predicted molar refractivity (Wildman–Crippen MR) is 167 cm³/mol. The van der Waals surface area contributed by atoms with Crippen molar-refractivity contribution in [3.63, 3.8) is 0 Å². The van der Waals surface area contributed by atoms with Crippen LogP contribution in [-0.4, -0.2) is 22.5 Å². The van der Waals surface area contributed by atoms with Crippen molar-refractivity contribution in [3.05, 3.63) is 123 Å². The highest BCUT2D eigenvalue weighted by Crippen LogP contribution is 2.34. The number of rotatable bonds is 9. The summed E-state index contributed by atoms with van der Waals surface area (Å²) < 4.78 is 13.2. The topological polar surface area (TPSA) is 65.7 Å². The fraction of sp³-hybridized carbons (Fsp3) is 0.206. The maximum atomic E-state index is 13.7. The summed E-state index contributed by atoms with van der Waals surface area (Å²) in [7, 11) is 0. The van der Waals surface area contributed by atoms with Gasteiger partial charge in [-0.2, -0.15) is 9.78 Å². The Hall–Kier alpha value is -4.42. The van der Waals surface area contributed by atoms with Crippen LogP contribution >= 0.6 is 11.6 Å². The Balaban J connectivity index is 1.52. The first-order valence-corrected chi connectivity index (χ1v) is 14.0. The van der Waals surface area contributed by atoms with Crippen molar-refractivity contribution in [2.45, 2.75) is 40.2 Å². The van der Waals surface area contributed by atoms with Crippen LogP contribution in [0.25, 0.3) is 22.3 Å². The maximum Gasteiger partial charge on any atom is 0.282 e. The lowest BCUT2D eigenvalue weighted by Gasteiger charge is -2.18. The van der Waals surface area contributed by atoms with Crippen molar-refractivity contribution in [3.8, 4) is 22.9 Å². The van der Waals surface area contributed by atoms with Gasteiger partial charge in [0.15, 0.2) is 5.82 Å². The largest absolute Gasteiger partial charge is 0.494 e. The second-order valence-corrected chi connectivity index (χ2v) is 10.5. The highest BCUT2D eigenvalue weighted by Gasteiger charge is 2.18. The van der Waals surface area contributed by atoms with Crippen molar-refractivity contribution < 1.29 is 9.47 Å². The SMILES string of the molecule is CCOc1cc(C)c(-c2nc3ccccc3c(=O)n2N=Cc2ccc(OCc3ccccc3Cl)cc2)cc1C(C)C. The Morgan fingerprint density at radius 3 is 2.44 bits per heavy atom. The Morgan fingerprint density at radius 1 is 0.976 bits per heavy atom. The predicted octanol–water partition coefficient (Wildman–Crippen LogP) is 8.01. The number of hydrogen-bond acceptors (Lipinski definition) is 5. The van der Waals surface area contributed by atoms with Crippen molar-refractivity contribution in [1.29, 1.82) is 0 Å². The smallest absolute Gasteiger partial charge is 0.282 e. The monoisotopic (exact) mass is 565 g/mol. The van der Waals surface area contributed by atoms with Gasteiger partial charge in [0.25, 0.3) is 5.56 Å². The Morgan fingerprint density at radius 2 is 1.71 bits per heavy atom. The number of nitrogens with zero attached hydrogens (tertiary/aromatic N) is 3. The van der Waals surface area contributed by atoms with Crippen LogP contribution in [0.2, 0.25) is 5.02 Å². The van der Waals surface area contributed by atoms with Crippen LogP contribution in [0.3, 0.4) is 0 Å². The van der Waals surface area contributed by atoms with Gasteiger partial charge in [-0.25, -0.2) is 4.98 Å². The van der Waals surface area contributed by atoms with Gasteiger partial charge in [-0.15, -0.1) is 0 Å². The average Bonchev–Trinajstić information content (AvgIpc) is 2.97. The number of hydrogen-bond donors (Lipinski definition) is 0. The van der Waals surface area contributed by atoms with Crippen molar-refractivity contribution in [2.24, 2.45) is 5.10 Å². The van der Waals surface area contributed by atoms with E-state index in [4.69, 9.17) is 26.1 Å². The van der Waals surface area contributed by atoms with E-state index in [2.05, 4.69) is 25.0 Å². The second kappa shape index (κ2) is 12.4. The minimum Gasteiger partial charge on any atom is -0.494 e. The summed E-state index contributed by atoms with van der Waals surface area (Å²) in [5.41, 5.74) is 4.95. The molecule has 5 aromatic rings. The van der Waals surface area contributed by atoms with Gasteiger partial charge in [-0.05, 0) is 91.1 Å². The fourth-order valence-electron chi connectivity index (χ4n) is 4.63. The molecule has 0 atom stereocenters. The molecule has 0 fully saturated rings. The number of aryl methyl sites for hydroxylation is 1. The zero-order valence-electron chi connectivity index (χ0n) is 23.6. The van der Waals surface area contributed by atoms with Gasteiger partial charge in [0.05, 0.1) is 23.7 Å². The molecule has 1 heterocycles. The van der Waals surface area contributed by atoms with Crippen LogP contribution in [0.5, 0.6) is 11.5 Å². The molecule has 0 spiro atoms. The van der Waals surface area contributed by atoms with Crippen LogP contribution < -0.4 is 15.0 Å². The third-order valence-corrected chi connectivity index (χ3v) is 7.20. The van der Waals surface area contributed by atoms with E-state index in [-0.39, 0.29) is 11.5 Å². The van der Waals surface area contributed by atoms with Crippen LogP contribution in [-0.2, 0) is 6.61 Å². The van der Waals surface area contributed by atoms with Gasteiger partial charge in [0.1, 0.15) is 18.1 Å². The summed E-state index contributed by atoms with van der Waals surface area (Å²) in [6.07, 6.45) is 1.66. The quantitative estimate of drug-likeness (QED) is 0.170. The second-order valence-electron chi connectivity index (χ2n) is 10.1. The van der Waals surface area contributed by atoms with Gasteiger partial charge in [-0.1, -0.05) is 55.8 Å². The molecule has 6 nitrogen and oxygen atoms in total. The van der Waals surface area contributed by atoms with Crippen molar-refractivity contribution in [2.75, 3.05) is 6.61 Å². The number of aromatic nitrogens is 2. The van der Waals surface area contributed by atoms with E-state index in [1.165, 1.54) is 4.68 Å². The lowest BCUT2D eigenvalue weighted by atomic mass is 9.96. The Kier molecular flexibility index (Phi) is 8.50. The molecule has 0 saturated heterocycles. The first-order valence-electron chi connectivity index (χ1n) is 13.7. The minimum atomic E-state index is -0.235. The first kappa shape index (κ1) is 28.1. The molecule has 41 heavy (non-hydrogen) atoms. The molecule has 0 amide bonds. The van der Waals surface area contributed by atoms with E-state index in [0.29, 0.717) is 40.7 Å². The molecule has 0 bridgehead atoms. The number of ether oxygens (including phenoxy) is 2. The van der Waals surface area contributed by atoms with E-state index in [0.717, 1.165) is 33.6 Å². The average molecular weight is 566 g/mol. The molecule has 7 heteroatoms. The molecule has 0 unspecified atom stereocenters. The molecule has 0 saturated carbocycles. The number of benzene rings is 4. The summed E-state index contributed by atoms with van der Waals surface area (Å²) in [4.78, 5) is 18.6. The zero-order valence-corrected chi connectivity index (χ0v) is 24.4. The fourth-order valence-corrected chi connectivity index (χ4v) is 4.82. The molecular formula is C34H32ClN3O3. The van der Waals surface area contributed by atoms with Gasteiger partial charge >= 0.3 is 0 Å². The lowest BCUT2D eigenvalue weighted by Crippen LogP contribution is -2.20. The van der Waals surface area contributed by atoms with E-state index >= 15 is 0 Å². The summed E-state index contributed by atoms with van der Waals surface area (Å²) in [5, 5.41) is 5.81. The van der Waals surface area contributed by atoms with Crippen LogP contribution in [0.4, 0.5) is 0 Å². The Bertz CT molecular complexity index is 1780. The van der Waals surface area contributed by atoms with E-state index < -0.39 is 0 Å². The molecule has 0 aliphatic heterocycles. The number of fused-ring (bicyclic) bond motifs is 1. The van der Waals surface area contributed by atoms with E-state index in [9.17, 15) is 4.79 Å². The lowest BCUT2D eigenvalue weighted by molar-refractivity contribution is 0.306. The first-order chi connectivity index (χ1) is 19.9. The molecule has 4 aromatic carbocycles. The van der Waals surface area contributed by atoms with Gasteiger partial charge in [-0.3, -0.25) is 4.79 Å². The maximum absolute atomic E-state index is 13.7. The molecule has 0 radical (unpaired) electrons. The van der Waals surface area contributed by atoms with Gasteiger partial charge in [0, 0.05) is 16.1 Å². The molecule has 5 rings (SSSR count). The van der Waals surface area contributed by atoms with E-state index in [1.807, 2.05) is 86.6 Å². The zero-order chi connectivity index (χ0) is 28.9. The highest BCUT2D eigenvalue weighted by atomic mass is 35.5. The normalized spacial score (nSPS) is 11.5. The molecule has 1 aromatic heterocycles. The van der Waals surface area contributed by atoms with Crippen molar-refractivity contribution >= 4 is 28.7 Å². The third kappa shape index (κ3) is 6.18. The van der Waals surface area contributed by atoms with Crippen LogP contribution in [0.15, 0.2) is 94.8 Å². The van der Waals surface area contributed by atoms with Crippen LogP contribution in [0.1, 0.15) is 48.9 Å². The summed E-state index contributed by atoms with van der Waals surface area (Å²) in [5.74, 6) is 2.25. The number of halogens is 1. The summed E-state index contributed by atoms with van der Waals surface area (Å²) >= 11 is 6.24. The summed E-state index contributed by atoms with van der Waals surface area (Å²) in [6.45, 7) is 9.16. The number of para-hydroxylation sites is 1. The Labute approximate surface area is 244 Å². The summed E-state index contributed by atoms with van der Waals surface area (Å²) in [6, 6.07) is 26.5. The molecular weight excluding hydrogens is 534 g/mol. The van der Waals surface area contributed by atoms with Crippen molar-refractivity contribution in [1.82, 2.24) is 9.66 Å². The molecule has 0 aliphatic rings. The van der Waals surface area contributed by atoms with E-state index in [1.54, 1.807) is 12.3 Å². The molecule has 0 N–H and O–H groups in total. The van der Waals surface area contributed by atoms with Crippen LogP contribution in [0, 0.1) is 6.92 Å². The molecule has 0 aliphatic carbocycles. The standard InChI is InChI=1S/C34H32ClN3O3/c1-5-40-32-18-23(4)29(19-28(32)22(2)3)33-37-31-13-9-7-11-27(31)34(39)38(33)36-20-24-14-16-26(17-15-24)41-21-25-10-6-8-12-30(25)35/h6-20,22H,5,21H2,1-4H3. The third-order valence-electron chi connectivity index (χ3n) is 6.83. The molecule has 208 valence electrons. The van der Waals surface area contributed by atoms with Gasteiger partial charge in [0.2, 0.25) is 0 Å². The highest BCUT2D eigenvalue weighted by molar-refractivity contribution is 6.31.